The topological polar surface area (TPSA) is 61.8 Å². The minimum Gasteiger partial charge on any atom is -0.397 e. The van der Waals surface area contributed by atoms with Crippen LogP contribution in [0.2, 0.25) is 0 Å². The van der Waals surface area contributed by atoms with Gasteiger partial charge in [0, 0.05) is 6.54 Å². The van der Waals surface area contributed by atoms with Crippen LogP contribution in [0.15, 0.2) is 30.4 Å². The highest BCUT2D eigenvalue weighted by molar-refractivity contribution is 5.68. The van der Waals surface area contributed by atoms with Crippen molar-refractivity contribution in [1.29, 1.82) is 5.26 Å². The summed E-state index contributed by atoms with van der Waals surface area (Å²) in [4.78, 5) is 0. The number of benzene rings is 1. The number of rotatable bonds is 3. The van der Waals surface area contributed by atoms with Gasteiger partial charge in [-0.3, -0.25) is 0 Å². The first kappa shape index (κ1) is 10.1. The molecule has 0 bridgehead atoms. The van der Waals surface area contributed by atoms with E-state index >= 15 is 0 Å². The van der Waals surface area contributed by atoms with Gasteiger partial charge >= 0.3 is 0 Å². The first-order valence-electron chi connectivity index (χ1n) is 4.31. The molecule has 0 fully saturated rings. The van der Waals surface area contributed by atoms with Crippen LogP contribution < -0.4 is 11.1 Å². The molecule has 0 saturated carbocycles. The molecule has 0 saturated heterocycles. The van der Waals surface area contributed by atoms with Crippen LogP contribution in [0.1, 0.15) is 12.5 Å². The van der Waals surface area contributed by atoms with Gasteiger partial charge in [-0.1, -0.05) is 12.2 Å². The third-order valence-electron chi connectivity index (χ3n) is 1.76. The maximum atomic E-state index is 8.69. The maximum absolute atomic E-state index is 8.69. The van der Waals surface area contributed by atoms with E-state index < -0.39 is 0 Å². The van der Waals surface area contributed by atoms with E-state index in [2.05, 4.69) is 18.0 Å². The summed E-state index contributed by atoms with van der Waals surface area (Å²) in [5, 5.41) is 11.8. The average Bonchev–Trinajstić information content (AvgIpc) is 2.16. The molecule has 3 heteroatoms. The van der Waals surface area contributed by atoms with E-state index in [1.54, 1.807) is 18.2 Å². The van der Waals surface area contributed by atoms with Crippen molar-refractivity contribution in [2.24, 2.45) is 0 Å². The number of hydrogen-bond acceptors (Lipinski definition) is 3. The van der Waals surface area contributed by atoms with Gasteiger partial charge in [-0.2, -0.15) is 5.26 Å². The van der Waals surface area contributed by atoms with Crippen LogP contribution in [-0.4, -0.2) is 6.54 Å². The molecular formula is C11H13N3. The molecule has 1 aromatic rings. The number of nitrogens with two attached hydrogens (primary N) is 1. The zero-order chi connectivity index (χ0) is 10.6. The van der Waals surface area contributed by atoms with Crippen molar-refractivity contribution >= 4 is 11.4 Å². The van der Waals surface area contributed by atoms with Crippen molar-refractivity contribution < 1.29 is 0 Å². The van der Waals surface area contributed by atoms with Crippen LogP contribution in [0.3, 0.4) is 0 Å². The molecule has 3 nitrogen and oxygen atoms in total. The Labute approximate surface area is 83.8 Å². The summed E-state index contributed by atoms with van der Waals surface area (Å²) >= 11 is 0. The van der Waals surface area contributed by atoms with Gasteiger partial charge < -0.3 is 11.1 Å². The quantitative estimate of drug-likeness (QED) is 0.563. The summed E-state index contributed by atoms with van der Waals surface area (Å²) in [6, 6.07) is 7.22. The van der Waals surface area contributed by atoms with E-state index in [4.69, 9.17) is 11.0 Å². The third kappa shape index (κ3) is 2.53. The Morgan fingerprint density at radius 2 is 2.36 bits per heavy atom. The Balaban J connectivity index is 2.85. The molecule has 0 heterocycles. The van der Waals surface area contributed by atoms with Crippen LogP contribution in [0, 0.1) is 11.3 Å². The molecule has 14 heavy (non-hydrogen) atoms. The van der Waals surface area contributed by atoms with Crippen molar-refractivity contribution in [1.82, 2.24) is 0 Å². The highest BCUT2D eigenvalue weighted by atomic mass is 14.9. The Morgan fingerprint density at radius 1 is 1.64 bits per heavy atom. The van der Waals surface area contributed by atoms with Crippen LogP contribution in [0.25, 0.3) is 0 Å². The predicted octanol–water partition coefficient (Wildman–Crippen LogP) is 2.13. The molecule has 0 aliphatic rings. The number of nitrogen functional groups attached to an aromatic ring is 1. The Morgan fingerprint density at radius 3 is 2.93 bits per heavy atom. The average molecular weight is 187 g/mol. The molecule has 0 amide bonds. The number of nitriles is 1. The maximum Gasteiger partial charge on any atom is 0.0992 e. The lowest BCUT2D eigenvalue weighted by molar-refractivity contribution is 1.22. The molecule has 0 atom stereocenters. The first-order valence-corrected chi connectivity index (χ1v) is 4.31. The fourth-order valence-electron chi connectivity index (χ4n) is 1.03. The second-order valence-electron chi connectivity index (χ2n) is 3.22. The molecule has 0 spiro atoms. The molecule has 0 aliphatic carbocycles. The first-order chi connectivity index (χ1) is 6.63. The number of nitrogens with zero attached hydrogens (tertiary/aromatic N) is 1. The van der Waals surface area contributed by atoms with Gasteiger partial charge in [0.1, 0.15) is 0 Å². The molecule has 0 radical (unpaired) electrons. The zero-order valence-electron chi connectivity index (χ0n) is 8.17. The second kappa shape index (κ2) is 4.33. The Kier molecular flexibility index (Phi) is 3.14. The summed E-state index contributed by atoms with van der Waals surface area (Å²) in [6.07, 6.45) is 0. The van der Waals surface area contributed by atoms with E-state index in [0.29, 0.717) is 17.8 Å². The van der Waals surface area contributed by atoms with Crippen molar-refractivity contribution in [3.05, 3.63) is 35.9 Å². The molecule has 3 N–H and O–H groups in total. The van der Waals surface area contributed by atoms with Crippen molar-refractivity contribution in [3.63, 3.8) is 0 Å². The van der Waals surface area contributed by atoms with Gasteiger partial charge in [0.05, 0.1) is 23.0 Å². The minimum absolute atomic E-state index is 0.600. The fourth-order valence-corrected chi connectivity index (χ4v) is 1.03. The van der Waals surface area contributed by atoms with Crippen molar-refractivity contribution in [3.8, 4) is 6.07 Å². The number of nitrogens with one attached hydrogen (secondary N) is 1. The molecule has 0 aliphatic heterocycles. The van der Waals surface area contributed by atoms with Crippen LogP contribution in [0.5, 0.6) is 0 Å². The Hall–Kier alpha value is -1.95. The van der Waals surface area contributed by atoms with Crippen LogP contribution >= 0.6 is 0 Å². The largest absolute Gasteiger partial charge is 0.397 e. The lowest BCUT2D eigenvalue weighted by Crippen LogP contribution is -2.04. The van der Waals surface area contributed by atoms with Gasteiger partial charge in [0.15, 0.2) is 0 Å². The second-order valence-corrected chi connectivity index (χ2v) is 3.22. The SMILES string of the molecule is C=C(C)CNc1cc(C#N)ccc1N. The van der Waals surface area contributed by atoms with Crippen LogP contribution in [-0.2, 0) is 0 Å². The fraction of sp³-hybridized carbons (Fsp3) is 0.182. The van der Waals surface area contributed by atoms with E-state index in [1.165, 1.54) is 0 Å². The van der Waals surface area contributed by atoms with Gasteiger partial charge in [-0.15, -0.1) is 0 Å². The van der Waals surface area contributed by atoms with Gasteiger partial charge in [-0.25, -0.2) is 0 Å². The molecule has 1 aromatic carbocycles. The molecule has 0 unspecified atom stereocenters. The number of hydrogen-bond donors (Lipinski definition) is 2. The van der Waals surface area contributed by atoms with Gasteiger partial charge in [0.2, 0.25) is 0 Å². The number of anilines is 2. The lowest BCUT2D eigenvalue weighted by atomic mass is 10.2. The van der Waals surface area contributed by atoms with E-state index in [1.807, 2.05) is 6.92 Å². The van der Waals surface area contributed by atoms with Crippen LogP contribution in [0.4, 0.5) is 11.4 Å². The molecule has 0 aromatic heterocycles. The normalized spacial score (nSPS) is 9.14. The highest BCUT2D eigenvalue weighted by Crippen LogP contribution is 2.19. The highest BCUT2D eigenvalue weighted by Gasteiger charge is 1.99. The lowest BCUT2D eigenvalue weighted by Gasteiger charge is -2.08. The summed E-state index contributed by atoms with van der Waals surface area (Å²) < 4.78 is 0. The summed E-state index contributed by atoms with van der Waals surface area (Å²) in [7, 11) is 0. The van der Waals surface area contributed by atoms with E-state index in [-0.39, 0.29) is 0 Å². The van der Waals surface area contributed by atoms with Gasteiger partial charge in [-0.05, 0) is 25.1 Å². The summed E-state index contributed by atoms with van der Waals surface area (Å²) in [5.41, 5.74) is 8.78. The Bertz CT molecular complexity index is 388. The van der Waals surface area contributed by atoms with Gasteiger partial charge in [0.25, 0.3) is 0 Å². The standard InChI is InChI=1S/C11H13N3/c1-8(2)7-14-11-5-9(6-12)3-4-10(11)13/h3-5,14H,1,7,13H2,2H3. The minimum atomic E-state index is 0.600. The summed E-state index contributed by atoms with van der Waals surface area (Å²) in [6.45, 7) is 6.37. The molecular weight excluding hydrogens is 174 g/mol. The monoisotopic (exact) mass is 187 g/mol. The zero-order valence-corrected chi connectivity index (χ0v) is 8.17. The molecule has 72 valence electrons. The van der Waals surface area contributed by atoms with E-state index in [0.717, 1.165) is 11.3 Å². The predicted molar refractivity (Wildman–Crippen MR) is 58.9 cm³/mol. The van der Waals surface area contributed by atoms with Crippen molar-refractivity contribution in [2.45, 2.75) is 6.92 Å². The van der Waals surface area contributed by atoms with Crippen molar-refractivity contribution in [2.75, 3.05) is 17.6 Å². The van der Waals surface area contributed by atoms with E-state index in [9.17, 15) is 0 Å². The molecule has 1 rings (SSSR count). The third-order valence-corrected chi connectivity index (χ3v) is 1.76. The smallest absolute Gasteiger partial charge is 0.0992 e. The summed E-state index contributed by atoms with van der Waals surface area (Å²) in [5.74, 6) is 0.